The van der Waals surface area contributed by atoms with Crippen molar-refractivity contribution >= 4 is 23.0 Å². The molecule has 1 aliphatic rings. The topological polar surface area (TPSA) is 84.4 Å². The lowest BCUT2D eigenvalue weighted by Gasteiger charge is -2.25. The van der Waals surface area contributed by atoms with E-state index in [9.17, 15) is 10.1 Å². The average molecular weight is 423 g/mol. The molecule has 1 saturated heterocycles. The van der Waals surface area contributed by atoms with E-state index in [-0.39, 0.29) is 17.8 Å². The van der Waals surface area contributed by atoms with Gasteiger partial charge in [0.25, 0.3) is 5.69 Å². The van der Waals surface area contributed by atoms with Crippen LogP contribution in [0.2, 0.25) is 0 Å². The Morgan fingerprint density at radius 1 is 1.23 bits per heavy atom. The molecule has 8 heteroatoms. The van der Waals surface area contributed by atoms with E-state index in [2.05, 4.69) is 22.1 Å². The summed E-state index contributed by atoms with van der Waals surface area (Å²) in [7, 11) is 0. The molecule has 4 rings (SSSR count). The van der Waals surface area contributed by atoms with Gasteiger partial charge >= 0.3 is 0 Å². The van der Waals surface area contributed by atoms with Crippen LogP contribution in [0.15, 0.2) is 65.2 Å². The summed E-state index contributed by atoms with van der Waals surface area (Å²) in [6.45, 7) is 2.95. The molecule has 0 radical (unpaired) electrons. The van der Waals surface area contributed by atoms with Gasteiger partial charge in [0.05, 0.1) is 16.7 Å². The lowest BCUT2D eigenvalue weighted by atomic mass is 10.0. The van der Waals surface area contributed by atoms with E-state index >= 15 is 0 Å². The van der Waals surface area contributed by atoms with Gasteiger partial charge in [0.2, 0.25) is 0 Å². The number of nitrogens with one attached hydrogen (secondary N) is 1. The molecule has 1 aromatic carbocycles. The molecule has 0 saturated carbocycles. The zero-order valence-electron chi connectivity index (χ0n) is 16.5. The van der Waals surface area contributed by atoms with Crippen LogP contribution in [0.4, 0.5) is 5.69 Å². The van der Waals surface area contributed by atoms with E-state index in [0.717, 1.165) is 30.8 Å². The Morgan fingerprint density at radius 3 is 2.83 bits per heavy atom. The Morgan fingerprint density at radius 2 is 2.10 bits per heavy atom. The summed E-state index contributed by atoms with van der Waals surface area (Å²) in [4.78, 5) is 17.4. The fourth-order valence-corrected chi connectivity index (χ4v) is 4.06. The molecule has 3 heterocycles. The Hall–Kier alpha value is -3.26. The van der Waals surface area contributed by atoms with E-state index < -0.39 is 4.92 Å². The van der Waals surface area contributed by atoms with Gasteiger partial charge in [-0.2, -0.15) is 0 Å². The number of thiocarbonyl (C=S) groups is 1. The molecular weight excluding hydrogens is 400 g/mol. The number of benzene rings is 1. The fourth-order valence-electron chi connectivity index (χ4n) is 3.72. The average Bonchev–Trinajstić information content (AvgIpc) is 3.37. The smallest absolute Gasteiger partial charge is 0.270 e. The van der Waals surface area contributed by atoms with E-state index in [1.807, 2.05) is 30.3 Å². The second kappa shape index (κ2) is 8.62. The van der Waals surface area contributed by atoms with Gasteiger partial charge in [-0.1, -0.05) is 31.5 Å². The van der Waals surface area contributed by atoms with Crippen LogP contribution in [0, 0.1) is 10.1 Å². The highest BCUT2D eigenvalue weighted by Gasteiger charge is 2.41. The minimum absolute atomic E-state index is 0.0325. The van der Waals surface area contributed by atoms with Gasteiger partial charge in [-0.15, -0.1) is 0 Å². The maximum atomic E-state index is 11.1. The normalized spacial score (nSPS) is 18.4. The summed E-state index contributed by atoms with van der Waals surface area (Å²) in [5, 5.41) is 15.2. The second-order valence-corrected chi connectivity index (χ2v) is 7.57. The number of unbranched alkanes of at least 4 members (excludes halogenated alkanes) is 1. The maximum Gasteiger partial charge on any atom is 0.270 e. The first-order valence-corrected chi connectivity index (χ1v) is 10.3. The summed E-state index contributed by atoms with van der Waals surface area (Å²) in [5.74, 6) is 1.33. The van der Waals surface area contributed by atoms with Gasteiger partial charge in [-0.3, -0.25) is 15.1 Å². The molecule has 7 nitrogen and oxygen atoms in total. The van der Waals surface area contributed by atoms with Crippen molar-refractivity contribution in [3.63, 3.8) is 0 Å². The molecule has 0 aliphatic carbocycles. The van der Waals surface area contributed by atoms with Crippen molar-refractivity contribution in [1.82, 2.24) is 15.2 Å². The molecule has 154 valence electrons. The molecule has 1 aliphatic heterocycles. The molecule has 0 amide bonds. The third-order valence-corrected chi connectivity index (χ3v) is 5.56. The summed E-state index contributed by atoms with van der Waals surface area (Å²) >= 11 is 5.62. The van der Waals surface area contributed by atoms with Crippen molar-refractivity contribution in [2.75, 3.05) is 6.54 Å². The maximum absolute atomic E-state index is 11.1. The number of pyridine rings is 1. The van der Waals surface area contributed by atoms with Crippen molar-refractivity contribution in [2.45, 2.75) is 31.8 Å². The Kier molecular flexibility index (Phi) is 5.76. The van der Waals surface area contributed by atoms with E-state index in [0.29, 0.717) is 16.4 Å². The van der Waals surface area contributed by atoms with Crippen molar-refractivity contribution in [1.29, 1.82) is 0 Å². The largest absolute Gasteiger partial charge is 0.459 e. The Bertz CT molecular complexity index is 1050. The standard InChI is InChI=1S/C22H22N4O3S/c1-2-3-13-25-21(20(24-22(25)30)17-9-4-5-12-23-17)19-11-10-18(29-19)15-7-6-8-16(14-15)26(27)28/h4-12,14,20-21H,2-3,13H2,1H3,(H,24,30)/t20-,21-/m0/s1. The number of hydrogen-bond donors (Lipinski definition) is 1. The zero-order valence-corrected chi connectivity index (χ0v) is 17.3. The van der Waals surface area contributed by atoms with Gasteiger partial charge in [0.1, 0.15) is 17.6 Å². The number of hydrogen-bond acceptors (Lipinski definition) is 5. The second-order valence-electron chi connectivity index (χ2n) is 7.18. The minimum Gasteiger partial charge on any atom is -0.459 e. The van der Waals surface area contributed by atoms with Gasteiger partial charge in [0.15, 0.2) is 5.11 Å². The molecule has 0 unspecified atom stereocenters. The van der Waals surface area contributed by atoms with Crippen LogP contribution in [0.5, 0.6) is 0 Å². The fraction of sp³-hybridized carbons (Fsp3) is 0.273. The minimum atomic E-state index is -0.406. The number of aromatic nitrogens is 1. The lowest BCUT2D eigenvalue weighted by Crippen LogP contribution is -2.30. The molecule has 1 fully saturated rings. The lowest BCUT2D eigenvalue weighted by molar-refractivity contribution is -0.384. The van der Waals surface area contributed by atoms with Crippen LogP contribution in [-0.4, -0.2) is 26.5 Å². The number of rotatable bonds is 7. The summed E-state index contributed by atoms with van der Waals surface area (Å²) < 4.78 is 6.21. The van der Waals surface area contributed by atoms with Crippen LogP contribution in [0.1, 0.15) is 43.3 Å². The van der Waals surface area contributed by atoms with E-state index in [1.165, 1.54) is 12.1 Å². The molecule has 0 bridgehead atoms. The predicted octanol–water partition coefficient (Wildman–Crippen LogP) is 5.02. The molecule has 2 aromatic heterocycles. The van der Waals surface area contributed by atoms with Gasteiger partial charge in [0, 0.05) is 30.4 Å². The van der Waals surface area contributed by atoms with Crippen molar-refractivity contribution < 1.29 is 9.34 Å². The Balaban J connectivity index is 1.71. The molecule has 2 atom stereocenters. The third kappa shape index (κ3) is 3.91. The van der Waals surface area contributed by atoms with Crippen LogP contribution in [-0.2, 0) is 0 Å². The summed E-state index contributed by atoms with van der Waals surface area (Å²) in [6.07, 6.45) is 3.82. The highest BCUT2D eigenvalue weighted by molar-refractivity contribution is 7.80. The van der Waals surface area contributed by atoms with Crippen molar-refractivity contribution in [3.8, 4) is 11.3 Å². The first-order chi connectivity index (χ1) is 14.6. The highest BCUT2D eigenvalue weighted by atomic mass is 32.1. The number of nitro benzene ring substituents is 1. The van der Waals surface area contributed by atoms with E-state index in [4.69, 9.17) is 16.6 Å². The molecule has 3 aromatic rings. The number of nitro groups is 1. The Labute approximate surface area is 179 Å². The number of non-ortho nitro benzene ring substituents is 1. The van der Waals surface area contributed by atoms with Crippen LogP contribution in [0.25, 0.3) is 11.3 Å². The summed E-state index contributed by atoms with van der Waals surface area (Å²) in [5.41, 5.74) is 1.58. The highest BCUT2D eigenvalue weighted by Crippen LogP contribution is 2.40. The number of nitrogens with zero attached hydrogens (tertiary/aromatic N) is 3. The first-order valence-electron chi connectivity index (χ1n) is 9.91. The van der Waals surface area contributed by atoms with Gasteiger partial charge in [-0.25, -0.2) is 0 Å². The zero-order chi connectivity index (χ0) is 21.1. The molecular formula is C22H22N4O3S. The van der Waals surface area contributed by atoms with Crippen molar-refractivity contribution in [3.05, 3.63) is 82.4 Å². The van der Waals surface area contributed by atoms with Crippen molar-refractivity contribution in [2.24, 2.45) is 0 Å². The third-order valence-electron chi connectivity index (χ3n) is 5.21. The first kappa shape index (κ1) is 20.0. The van der Waals surface area contributed by atoms with Gasteiger partial charge in [-0.05, 0) is 42.9 Å². The summed E-state index contributed by atoms with van der Waals surface area (Å²) in [6, 6.07) is 15.7. The van der Waals surface area contributed by atoms with Crippen LogP contribution < -0.4 is 5.32 Å². The van der Waals surface area contributed by atoms with Crippen LogP contribution >= 0.6 is 12.2 Å². The van der Waals surface area contributed by atoms with Crippen LogP contribution in [0.3, 0.4) is 0 Å². The van der Waals surface area contributed by atoms with E-state index in [1.54, 1.807) is 18.3 Å². The monoisotopic (exact) mass is 422 g/mol. The molecule has 1 N–H and O–H groups in total. The van der Waals surface area contributed by atoms with Gasteiger partial charge < -0.3 is 14.6 Å². The predicted molar refractivity (Wildman–Crippen MR) is 118 cm³/mol. The molecule has 0 spiro atoms. The number of furan rings is 1. The molecule has 30 heavy (non-hydrogen) atoms. The SMILES string of the molecule is CCCCN1C(=S)N[C@@H](c2ccccn2)[C@@H]1c1ccc(-c2cccc([N+](=O)[O-])c2)o1. The quantitative estimate of drug-likeness (QED) is 0.325.